The molecule has 23 heavy (non-hydrogen) atoms. The van der Waals surface area contributed by atoms with E-state index >= 15 is 0 Å². The van der Waals surface area contributed by atoms with Crippen molar-refractivity contribution in [1.29, 1.82) is 0 Å². The van der Waals surface area contributed by atoms with Crippen LogP contribution in [0.2, 0.25) is 0 Å². The summed E-state index contributed by atoms with van der Waals surface area (Å²) in [7, 11) is 0. The van der Waals surface area contributed by atoms with Crippen molar-refractivity contribution < 1.29 is 29.0 Å². The minimum atomic E-state index is -1.34. The van der Waals surface area contributed by atoms with Crippen molar-refractivity contribution in [3.8, 4) is 0 Å². The number of carbonyl (C=O) groups is 3. The number of ether oxygens (including phenoxy) is 2. The molecule has 0 amide bonds. The Morgan fingerprint density at radius 2 is 1.52 bits per heavy atom. The van der Waals surface area contributed by atoms with Crippen LogP contribution in [0.5, 0.6) is 0 Å². The van der Waals surface area contributed by atoms with E-state index in [2.05, 4.69) is 6.58 Å². The van der Waals surface area contributed by atoms with E-state index in [0.29, 0.717) is 25.9 Å². The monoisotopic (exact) mass is 326 g/mol. The van der Waals surface area contributed by atoms with Gasteiger partial charge < -0.3 is 14.6 Å². The molecule has 0 atom stereocenters. The fourth-order valence-corrected chi connectivity index (χ4v) is 2.75. The average molecular weight is 326 g/mol. The van der Waals surface area contributed by atoms with Crippen molar-refractivity contribution in [3.63, 3.8) is 0 Å². The lowest BCUT2D eigenvalue weighted by Gasteiger charge is -2.30. The van der Waals surface area contributed by atoms with Crippen LogP contribution in [-0.2, 0) is 23.9 Å². The summed E-state index contributed by atoms with van der Waals surface area (Å²) in [6.07, 6.45) is 7.46. The van der Waals surface area contributed by atoms with Gasteiger partial charge in [0.15, 0.2) is 5.41 Å². The zero-order chi connectivity index (χ0) is 17.1. The molecule has 0 heterocycles. The lowest BCUT2D eigenvalue weighted by Crippen LogP contribution is -2.42. The molecule has 6 nitrogen and oxygen atoms in total. The molecule has 0 aromatic rings. The van der Waals surface area contributed by atoms with Crippen LogP contribution in [0.25, 0.3) is 0 Å². The Balaban J connectivity index is 2.17. The molecule has 0 bridgehead atoms. The SMILES string of the molecule is C=CC(=O)OCCCCCCOC(=O)C1(C(=O)O)CCCCC1. The molecule has 130 valence electrons. The van der Waals surface area contributed by atoms with E-state index in [1.807, 2.05) is 0 Å². The second kappa shape index (κ2) is 10.0. The molecule has 0 aliphatic heterocycles. The number of aliphatic carboxylic acids is 1. The fraction of sp³-hybridized carbons (Fsp3) is 0.706. The first-order valence-electron chi connectivity index (χ1n) is 8.23. The number of carboxylic acid groups (broad SMARTS) is 1. The number of carbonyl (C=O) groups excluding carboxylic acids is 2. The van der Waals surface area contributed by atoms with Gasteiger partial charge in [0, 0.05) is 6.08 Å². The predicted molar refractivity (Wildman–Crippen MR) is 83.7 cm³/mol. The summed E-state index contributed by atoms with van der Waals surface area (Å²) in [6, 6.07) is 0. The Kier molecular flexibility index (Phi) is 8.37. The molecule has 0 radical (unpaired) electrons. The van der Waals surface area contributed by atoms with E-state index in [-0.39, 0.29) is 6.61 Å². The zero-order valence-corrected chi connectivity index (χ0v) is 13.6. The van der Waals surface area contributed by atoms with E-state index in [1.54, 1.807) is 0 Å². The Morgan fingerprint density at radius 1 is 0.957 bits per heavy atom. The third kappa shape index (κ3) is 6.04. The van der Waals surface area contributed by atoms with E-state index in [1.165, 1.54) is 0 Å². The largest absolute Gasteiger partial charge is 0.480 e. The molecule has 0 aromatic heterocycles. The molecule has 0 spiro atoms. The summed E-state index contributed by atoms with van der Waals surface area (Å²) in [5, 5.41) is 9.37. The molecule has 0 unspecified atom stereocenters. The van der Waals surface area contributed by atoms with Gasteiger partial charge in [0.05, 0.1) is 13.2 Å². The van der Waals surface area contributed by atoms with Gasteiger partial charge in [-0.25, -0.2) is 4.79 Å². The lowest BCUT2D eigenvalue weighted by atomic mass is 9.74. The molecule has 1 rings (SSSR count). The van der Waals surface area contributed by atoms with Crippen LogP contribution in [0.1, 0.15) is 57.8 Å². The van der Waals surface area contributed by atoms with Crippen LogP contribution in [0, 0.1) is 5.41 Å². The third-order valence-electron chi connectivity index (χ3n) is 4.19. The maximum absolute atomic E-state index is 12.1. The van der Waals surface area contributed by atoms with E-state index in [9.17, 15) is 19.5 Å². The van der Waals surface area contributed by atoms with Crippen molar-refractivity contribution in [1.82, 2.24) is 0 Å². The van der Waals surface area contributed by atoms with Crippen LogP contribution < -0.4 is 0 Å². The topological polar surface area (TPSA) is 89.9 Å². The average Bonchev–Trinajstić information content (AvgIpc) is 2.57. The molecule has 1 aliphatic rings. The van der Waals surface area contributed by atoms with Gasteiger partial charge in [-0.1, -0.05) is 25.8 Å². The second-order valence-electron chi connectivity index (χ2n) is 5.87. The van der Waals surface area contributed by atoms with Crippen molar-refractivity contribution >= 4 is 17.9 Å². The maximum Gasteiger partial charge on any atom is 0.330 e. The quantitative estimate of drug-likeness (QED) is 0.287. The van der Waals surface area contributed by atoms with Gasteiger partial charge in [-0.3, -0.25) is 9.59 Å². The Bertz CT molecular complexity index is 423. The Morgan fingerprint density at radius 3 is 2.04 bits per heavy atom. The van der Waals surface area contributed by atoms with Crippen LogP contribution >= 0.6 is 0 Å². The molecular formula is C17H26O6. The molecule has 0 saturated heterocycles. The minimum Gasteiger partial charge on any atom is -0.480 e. The number of esters is 2. The van der Waals surface area contributed by atoms with Gasteiger partial charge >= 0.3 is 17.9 Å². The zero-order valence-electron chi connectivity index (χ0n) is 13.6. The first-order chi connectivity index (χ1) is 11.0. The van der Waals surface area contributed by atoms with Crippen LogP contribution in [-0.4, -0.2) is 36.2 Å². The Labute approximate surface area is 136 Å². The highest BCUT2D eigenvalue weighted by atomic mass is 16.5. The van der Waals surface area contributed by atoms with Crippen LogP contribution in [0.3, 0.4) is 0 Å². The number of hydrogen-bond acceptors (Lipinski definition) is 5. The molecule has 1 aliphatic carbocycles. The van der Waals surface area contributed by atoms with Crippen molar-refractivity contribution in [2.24, 2.45) is 5.41 Å². The highest BCUT2D eigenvalue weighted by Crippen LogP contribution is 2.37. The smallest absolute Gasteiger partial charge is 0.330 e. The summed E-state index contributed by atoms with van der Waals surface area (Å²) in [5.74, 6) is -2.08. The third-order valence-corrected chi connectivity index (χ3v) is 4.19. The van der Waals surface area contributed by atoms with Crippen LogP contribution in [0.15, 0.2) is 12.7 Å². The first-order valence-corrected chi connectivity index (χ1v) is 8.23. The number of hydrogen-bond donors (Lipinski definition) is 1. The van der Waals surface area contributed by atoms with Gasteiger partial charge in [-0.05, 0) is 38.5 Å². The fourth-order valence-electron chi connectivity index (χ4n) is 2.75. The summed E-state index contributed by atoms with van der Waals surface area (Å²) >= 11 is 0. The van der Waals surface area contributed by atoms with Gasteiger partial charge in [-0.2, -0.15) is 0 Å². The van der Waals surface area contributed by atoms with Gasteiger partial charge in [0.2, 0.25) is 0 Å². The van der Waals surface area contributed by atoms with E-state index in [0.717, 1.165) is 44.6 Å². The van der Waals surface area contributed by atoms with Crippen molar-refractivity contribution in [2.75, 3.05) is 13.2 Å². The number of carboxylic acids is 1. The summed E-state index contributed by atoms with van der Waals surface area (Å²) in [4.78, 5) is 34.4. The molecular weight excluding hydrogens is 300 g/mol. The lowest BCUT2D eigenvalue weighted by molar-refractivity contribution is -0.171. The first kappa shape index (κ1) is 19.2. The minimum absolute atomic E-state index is 0.236. The Hall–Kier alpha value is -1.85. The number of rotatable bonds is 10. The molecule has 0 aromatic carbocycles. The second-order valence-corrected chi connectivity index (χ2v) is 5.87. The van der Waals surface area contributed by atoms with Crippen molar-refractivity contribution in [2.45, 2.75) is 57.8 Å². The van der Waals surface area contributed by atoms with Gasteiger partial charge in [0.25, 0.3) is 0 Å². The normalized spacial score (nSPS) is 16.3. The molecule has 6 heteroatoms. The molecule has 1 saturated carbocycles. The highest BCUT2D eigenvalue weighted by molar-refractivity contribution is 5.99. The maximum atomic E-state index is 12.1. The van der Waals surface area contributed by atoms with Crippen molar-refractivity contribution in [3.05, 3.63) is 12.7 Å². The van der Waals surface area contributed by atoms with Gasteiger partial charge in [-0.15, -0.1) is 0 Å². The summed E-state index contributed by atoms with van der Waals surface area (Å²) in [5.41, 5.74) is -1.34. The van der Waals surface area contributed by atoms with E-state index < -0.39 is 23.3 Å². The molecule has 1 fully saturated rings. The highest BCUT2D eigenvalue weighted by Gasteiger charge is 2.48. The summed E-state index contributed by atoms with van der Waals surface area (Å²) < 4.78 is 10.0. The van der Waals surface area contributed by atoms with E-state index in [4.69, 9.17) is 9.47 Å². The van der Waals surface area contributed by atoms with Gasteiger partial charge in [0.1, 0.15) is 0 Å². The number of unbranched alkanes of at least 4 members (excludes halogenated alkanes) is 3. The predicted octanol–water partition coefficient (Wildman–Crippen LogP) is 2.85. The van der Waals surface area contributed by atoms with Crippen LogP contribution in [0.4, 0.5) is 0 Å². The standard InChI is InChI=1S/C17H26O6/c1-2-14(18)22-12-8-3-4-9-13-23-16(21)17(15(19)20)10-6-5-7-11-17/h2H,1,3-13H2,(H,19,20). The summed E-state index contributed by atoms with van der Waals surface area (Å²) in [6.45, 7) is 3.90. The molecule has 1 N–H and O–H groups in total.